The molecule has 1 unspecified atom stereocenters. The highest BCUT2D eigenvalue weighted by molar-refractivity contribution is 7.92. The Labute approximate surface area is 362 Å². The first-order chi connectivity index (χ1) is 30.4. The summed E-state index contributed by atoms with van der Waals surface area (Å²) in [5.41, 5.74) is 5.17. The number of hydrogen-bond donors (Lipinski definition) is 4. The van der Waals surface area contributed by atoms with E-state index in [0.717, 1.165) is 61.7 Å². The number of rotatable bonds is 12. The number of H-pyrrole nitrogens is 1. The number of aromatic amines is 1. The van der Waals surface area contributed by atoms with Crippen molar-refractivity contribution in [1.29, 1.82) is 0 Å². The van der Waals surface area contributed by atoms with Gasteiger partial charge in [-0.3, -0.25) is 38.6 Å². The summed E-state index contributed by atoms with van der Waals surface area (Å²) in [4.78, 5) is 70.5. The number of carbonyl (C=O) groups is 4. The minimum absolute atomic E-state index is 0.0808. The van der Waals surface area contributed by atoms with Crippen LogP contribution in [0.2, 0.25) is 0 Å². The van der Waals surface area contributed by atoms with E-state index < -0.39 is 39.7 Å². The first-order valence-electron chi connectivity index (χ1n) is 21.2. The Balaban J connectivity index is 0.701. The van der Waals surface area contributed by atoms with Crippen LogP contribution in [0.4, 0.5) is 44.6 Å². The van der Waals surface area contributed by atoms with Crippen LogP contribution in [0.5, 0.6) is 0 Å². The largest absolute Gasteiger partial charge is 0.371 e. The Kier molecular flexibility index (Phi) is 10.2. The van der Waals surface area contributed by atoms with Crippen LogP contribution in [0, 0.1) is 11.7 Å². The van der Waals surface area contributed by atoms with Crippen LogP contribution in [0.3, 0.4) is 0 Å². The molecular weight excluding hydrogens is 830 g/mol. The lowest BCUT2D eigenvalue weighted by Gasteiger charge is -2.42. The molecule has 0 radical (unpaired) electrons. The number of carbonyl (C=O) groups excluding carboxylic acids is 4. The third kappa shape index (κ3) is 7.68. The standard InChI is InChI=1S/C44H46FN11O6S/c1-63(61,62)55-17-14-27-5-2-6-34(38(27)55)48-40-31-13-15-46-39(31)50-44(51-40)47-28-7-10-35(33(45)22-28)53-20-18-52(19-21-53)16-3-4-26-24-54(25-26)29-8-9-30-32(23-29)43(60)56(42(30)59)36-11-12-37(57)49-41(36)58/h2,5-10,13,15,22-23,26,36H,3-4,11-12,14,16-21,24-25H2,1H3,(H,49,57,58)(H3,46,47,48,50,51). The molecule has 4 amide bonds. The molecule has 5 aliphatic rings. The van der Waals surface area contributed by atoms with Gasteiger partial charge in [0, 0.05) is 69.8 Å². The van der Waals surface area contributed by atoms with E-state index in [2.05, 4.69) is 40.6 Å². The fourth-order valence-corrected chi connectivity index (χ4v) is 10.4. The van der Waals surface area contributed by atoms with Gasteiger partial charge in [0.05, 0.1) is 39.8 Å². The van der Waals surface area contributed by atoms with Crippen molar-refractivity contribution in [3.05, 3.63) is 89.4 Å². The number of nitrogens with zero attached hydrogens (tertiary/aromatic N) is 7. The molecule has 19 heteroatoms. The SMILES string of the molecule is CS(=O)(=O)N1CCc2cccc(Nc3nc(Nc4ccc(N5CCN(CCCC6CN(c7ccc8c(c7)C(=O)N(C7CCC(=O)NC7=O)C8=O)C6)CC5)c(F)c4)nc4[nH]ccc34)c21. The number of para-hydroxylation sites is 1. The third-order valence-corrected chi connectivity index (χ3v) is 13.9. The number of imide groups is 2. The lowest BCUT2D eigenvalue weighted by molar-refractivity contribution is -0.136. The minimum atomic E-state index is -3.48. The number of piperidine rings is 1. The zero-order chi connectivity index (χ0) is 43.6. The molecule has 3 aromatic carbocycles. The highest BCUT2D eigenvalue weighted by Crippen LogP contribution is 2.40. The summed E-state index contributed by atoms with van der Waals surface area (Å²) in [5, 5.41) is 9.44. The quantitative estimate of drug-likeness (QED) is 0.129. The smallest absolute Gasteiger partial charge is 0.262 e. The third-order valence-electron chi connectivity index (χ3n) is 12.8. The second kappa shape index (κ2) is 15.9. The van der Waals surface area contributed by atoms with E-state index in [1.54, 1.807) is 24.4 Å². The summed E-state index contributed by atoms with van der Waals surface area (Å²) in [6, 6.07) is 16.8. The normalized spacial score (nSPS) is 19.4. The number of aromatic nitrogens is 3. The second-order valence-electron chi connectivity index (χ2n) is 16.9. The molecule has 0 aliphatic carbocycles. The lowest BCUT2D eigenvalue weighted by atomic mass is 9.93. The Morgan fingerprint density at radius 2 is 1.67 bits per heavy atom. The van der Waals surface area contributed by atoms with Crippen LogP contribution in [0.25, 0.3) is 11.0 Å². The highest BCUT2D eigenvalue weighted by Gasteiger charge is 2.45. The maximum absolute atomic E-state index is 15.7. The van der Waals surface area contributed by atoms with Gasteiger partial charge in [0.2, 0.25) is 27.8 Å². The van der Waals surface area contributed by atoms with Gasteiger partial charge in [-0.15, -0.1) is 0 Å². The Morgan fingerprint density at radius 1 is 0.857 bits per heavy atom. The molecule has 5 aliphatic heterocycles. The van der Waals surface area contributed by atoms with Gasteiger partial charge in [-0.1, -0.05) is 12.1 Å². The minimum Gasteiger partial charge on any atom is -0.371 e. The molecule has 1 atom stereocenters. The lowest BCUT2D eigenvalue weighted by Crippen LogP contribution is -2.54. The fraction of sp³-hybridized carbons (Fsp3) is 0.364. The Bertz CT molecular complexity index is 2800. The van der Waals surface area contributed by atoms with Gasteiger partial charge < -0.3 is 25.4 Å². The predicted octanol–water partition coefficient (Wildman–Crippen LogP) is 4.35. The van der Waals surface area contributed by atoms with Crippen molar-refractivity contribution in [1.82, 2.24) is 30.1 Å². The summed E-state index contributed by atoms with van der Waals surface area (Å²) in [7, 11) is -3.48. The molecule has 7 heterocycles. The summed E-state index contributed by atoms with van der Waals surface area (Å²) < 4.78 is 42.3. The van der Waals surface area contributed by atoms with Gasteiger partial charge in [0.25, 0.3) is 11.8 Å². The fourth-order valence-electron chi connectivity index (χ4n) is 9.48. The molecule has 0 saturated carbocycles. The molecule has 2 aromatic heterocycles. The van der Waals surface area contributed by atoms with Crippen molar-refractivity contribution < 1.29 is 32.0 Å². The zero-order valence-corrected chi connectivity index (χ0v) is 35.4. The maximum Gasteiger partial charge on any atom is 0.262 e. The topological polar surface area (TPSA) is 196 Å². The average Bonchev–Trinajstić information content (AvgIpc) is 3.97. The first kappa shape index (κ1) is 40.5. The molecule has 5 aromatic rings. The number of nitrogens with one attached hydrogen (secondary N) is 4. The van der Waals surface area contributed by atoms with Gasteiger partial charge in [0.1, 0.15) is 23.3 Å². The maximum atomic E-state index is 15.7. The second-order valence-corrected chi connectivity index (χ2v) is 18.8. The molecule has 17 nitrogen and oxygen atoms in total. The number of halogens is 1. The number of benzene rings is 3. The van der Waals surface area contributed by atoms with E-state index in [1.165, 1.54) is 16.6 Å². The van der Waals surface area contributed by atoms with Crippen molar-refractivity contribution in [2.24, 2.45) is 5.92 Å². The highest BCUT2D eigenvalue weighted by atomic mass is 32.2. The van der Waals surface area contributed by atoms with E-state index in [9.17, 15) is 27.6 Å². The van der Waals surface area contributed by atoms with E-state index in [-0.39, 0.29) is 30.2 Å². The van der Waals surface area contributed by atoms with E-state index >= 15 is 4.39 Å². The summed E-state index contributed by atoms with van der Waals surface area (Å²) in [5.74, 6) is -1.16. The number of anilines is 7. The van der Waals surface area contributed by atoms with Crippen molar-refractivity contribution >= 4 is 84.9 Å². The van der Waals surface area contributed by atoms with Crippen molar-refractivity contribution in [2.75, 3.05) is 83.4 Å². The molecule has 3 saturated heterocycles. The molecule has 326 valence electrons. The predicted molar refractivity (Wildman–Crippen MR) is 236 cm³/mol. The molecule has 3 fully saturated rings. The molecular formula is C44H46FN11O6S. The van der Waals surface area contributed by atoms with E-state index in [0.29, 0.717) is 77.1 Å². The number of piperazine rings is 1. The molecule has 0 bridgehead atoms. The van der Waals surface area contributed by atoms with Crippen molar-refractivity contribution in [2.45, 2.75) is 38.1 Å². The van der Waals surface area contributed by atoms with E-state index in [1.807, 2.05) is 36.4 Å². The van der Waals surface area contributed by atoms with Crippen LogP contribution in [0.15, 0.2) is 66.9 Å². The van der Waals surface area contributed by atoms with Crippen LogP contribution in [-0.4, -0.2) is 121 Å². The summed E-state index contributed by atoms with van der Waals surface area (Å²) >= 11 is 0. The number of amides is 4. The monoisotopic (exact) mass is 875 g/mol. The molecule has 4 N–H and O–H groups in total. The molecule has 10 rings (SSSR count). The molecule has 0 spiro atoms. The number of fused-ring (bicyclic) bond motifs is 3. The van der Waals surface area contributed by atoms with Gasteiger partial charge in [-0.2, -0.15) is 9.97 Å². The van der Waals surface area contributed by atoms with Gasteiger partial charge in [0.15, 0.2) is 0 Å². The van der Waals surface area contributed by atoms with Crippen molar-refractivity contribution in [3.8, 4) is 0 Å². The zero-order valence-electron chi connectivity index (χ0n) is 34.6. The van der Waals surface area contributed by atoms with Crippen molar-refractivity contribution in [3.63, 3.8) is 0 Å². The van der Waals surface area contributed by atoms with Crippen LogP contribution in [-0.2, 0) is 26.0 Å². The van der Waals surface area contributed by atoms with Gasteiger partial charge >= 0.3 is 0 Å². The van der Waals surface area contributed by atoms with Gasteiger partial charge in [-0.05, 0) is 92.2 Å². The molecule has 63 heavy (non-hydrogen) atoms. The Morgan fingerprint density at radius 3 is 2.44 bits per heavy atom. The van der Waals surface area contributed by atoms with E-state index in [4.69, 9.17) is 4.98 Å². The number of hydrogen-bond acceptors (Lipinski definition) is 13. The number of sulfonamides is 1. The first-order valence-corrected chi connectivity index (χ1v) is 23.1. The van der Waals surface area contributed by atoms with Crippen LogP contribution < -0.4 is 30.1 Å². The van der Waals surface area contributed by atoms with Crippen LogP contribution in [0.1, 0.15) is 52.0 Å². The van der Waals surface area contributed by atoms with Crippen LogP contribution >= 0.6 is 0 Å². The summed E-state index contributed by atoms with van der Waals surface area (Å²) in [6.45, 7) is 6.06. The average molecular weight is 876 g/mol. The summed E-state index contributed by atoms with van der Waals surface area (Å²) in [6.07, 6.45) is 5.86. The van der Waals surface area contributed by atoms with Gasteiger partial charge in [-0.25, -0.2) is 12.8 Å². The Hall–Kier alpha value is -6.60.